The van der Waals surface area contributed by atoms with Crippen molar-refractivity contribution in [3.8, 4) is 0 Å². The molecule has 0 N–H and O–H groups in total. The van der Waals surface area contributed by atoms with Crippen LogP contribution in [-0.4, -0.2) is 19.1 Å². The van der Waals surface area contributed by atoms with E-state index in [0.717, 1.165) is 24.7 Å². The molecule has 0 bridgehead atoms. The second-order valence-electron chi connectivity index (χ2n) is 3.39. The Kier molecular flexibility index (Phi) is 6.07. The average molecular weight is 247 g/mol. The third-order valence-corrected chi connectivity index (χ3v) is 2.97. The van der Waals surface area contributed by atoms with Crippen molar-refractivity contribution in [3.63, 3.8) is 0 Å². The standard InChI is InChI=1S/C12H16Cl2O/c1-2-15-8-7-11(9-13)10-3-5-12(14)6-4-10/h3-6,11H,2,7-9H2,1H3. The zero-order chi connectivity index (χ0) is 11.1. The number of halogens is 2. The monoisotopic (exact) mass is 246 g/mol. The summed E-state index contributed by atoms with van der Waals surface area (Å²) in [4.78, 5) is 0. The molecule has 0 spiro atoms. The number of rotatable bonds is 6. The molecule has 1 rings (SSSR count). The van der Waals surface area contributed by atoms with Gasteiger partial charge in [0, 0.05) is 24.1 Å². The van der Waals surface area contributed by atoms with E-state index in [1.165, 1.54) is 5.56 Å². The van der Waals surface area contributed by atoms with Crippen LogP contribution in [0.5, 0.6) is 0 Å². The maximum atomic E-state index is 5.93. The van der Waals surface area contributed by atoms with E-state index in [9.17, 15) is 0 Å². The lowest BCUT2D eigenvalue weighted by molar-refractivity contribution is 0.141. The molecule has 1 unspecified atom stereocenters. The van der Waals surface area contributed by atoms with E-state index in [-0.39, 0.29) is 0 Å². The van der Waals surface area contributed by atoms with E-state index in [1.807, 2.05) is 31.2 Å². The number of ether oxygens (including phenoxy) is 1. The summed E-state index contributed by atoms with van der Waals surface area (Å²) in [6.07, 6.45) is 0.957. The maximum absolute atomic E-state index is 5.93. The molecule has 1 aromatic rings. The molecule has 0 fully saturated rings. The SMILES string of the molecule is CCOCCC(CCl)c1ccc(Cl)cc1. The van der Waals surface area contributed by atoms with E-state index in [1.54, 1.807) is 0 Å². The van der Waals surface area contributed by atoms with Gasteiger partial charge in [0.05, 0.1) is 0 Å². The van der Waals surface area contributed by atoms with Crippen LogP contribution in [0.2, 0.25) is 5.02 Å². The molecule has 0 aromatic heterocycles. The molecular weight excluding hydrogens is 231 g/mol. The summed E-state index contributed by atoms with van der Waals surface area (Å²) in [5, 5.41) is 0.761. The van der Waals surface area contributed by atoms with Crippen LogP contribution in [0.15, 0.2) is 24.3 Å². The highest BCUT2D eigenvalue weighted by molar-refractivity contribution is 6.30. The van der Waals surface area contributed by atoms with Crippen molar-refractivity contribution < 1.29 is 4.74 Å². The molecule has 1 atom stereocenters. The van der Waals surface area contributed by atoms with Gasteiger partial charge in [0.15, 0.2) is 0 Å². The zero-order valence-electron chi connectivity index (χ0n) is 8.88. The lowest BCUT2D eigenvalue weighted by atomic mass is 9.98. The van der Waals surface area contributed by atoms with Crippen LogP contribution < -0.4 is 0 Å². The Morgan fingerprint density at radius 1 is 1.27 bits per heavy atom. The molecule has 1 aromatic carbocycles. The predicted octanol–water partition coefficient (Wildman–Crippen LogP) is 4.09. The first-order chi connectivity index (χ1) is 7.27. The van der Waals surface area contributed by atoms with Crippen LogP contribution in [0, 0.1) is 0 Å². The average Bonchev–Trinajstić information content (AvgIpc) is 2.26. The summed E-state index contributed by atoms with van der Waals surface area (Å²) in [6, 6.07) is 7.86. The molecule has 84 valence electrons. The van der Waals surface area contributed by atoms with Gasteiger partial charge in [-0.05, 0) is 37.0 Å². The van der Waals surface area contributed by atoms with E-state index in [2.05, 4.69) is 0 Å². The number of alkyl halides is 1. The highest BCUT2D eigenvalue weighted by Crippen LogP contribution is 2.22. The summed E-state index contributed by atoms with van der Waals surface area (Å²) in [7, 11) is 0. The lowest BCUT2D eigenvalue weighted by Crippen LogP contribution is -2.05. The van der Waals surface area contributed by atoms with Gasteiger partial charge >= 0.3 is 0 Å². The Hall–Kier alpha value is -0.240. The van der Waals surface area contributed by atoms with Crippen molar-refractivity contribution in [2.45, 2.75) is 19.3 Å². The summed E-state index contributed by atoms with van der Waals surface area (Å²) >= 11 is 11.8. The molecule has 1 nitrogen and oxygen atoms in total. The highest BCUT2D eigenvalue weighted by Gasteiger charge is 2.09. The van der Waals surface area contributed by atoms with Crippen molar-refractivity contribution in [2.75, 3.05) is 19.1 Å². The molecule has 3 heteroatoms. The van der Waals surface area contributed by atoms with Gasteiger partial charge in [-0.25, -0.2) is 0 Å². The van der Waals surface area contributed by atoms with E-state index in [4.69, 9.17) is 27.9 Å². The van der Waals surface area contributed by atoms with Crippen molar-refractivity contribution >= 4 is 23.2 Å². The third kappa shape index (κ3) is 4.42. The fraction of sp³-hybridized carbons (Fsp3) is 0.500. The molecule has 0 saturated heterocycles. The Balaban J connectivity index is 2.53. The third-order valence-electron chi connectivity index (χ3n) is 2.34. The summed E-state index contributed by atoms with van der Waals surface area (Å²) in [6.45, 7) is 3.52. The topological polar surface area (TPSA) is 9.23 Å². The molecule has 0 radical (unpaired) electrons. The Morgan fingerprint density at radius 3 is 2.47 bits per heavy atom. The Bertz CT molecular complexity index is 271. The van der Waals surface area contributed by atoms with E-state index in [0.29, 0.717) is 11.8 Å². The first kappa shape index (κ1) is 12.8. The lowest BCUT2D eigenvalue weighted by Gasteiger charge is -2.14. The van der Waals surface area contributed by atoms with Crippen molar-refractivity contribution in [1.29, 1.82) is 0 Å². The van der Waals surface area contributed by atoms with Gasteiger partial charge in [0.25, 0.3) is 0 Å². The number of benzene rings is 1. The largest absolute Gasteiger partial charge is 0.382 e. The normalized spacial score (nSPS) is 12.7. The van der Waals surface area contributed by atoms with Crippen LogP contribution in [0.1, 0.15) is 24.8 Å². The fourth-order valence-corrected chi connectivity index (χ4v) is 1.90. The van der Waals surface area contributed by atoms with Crippen LogP contribution in [0.3, 0.4) is 0 Å². The van der Waals surface area contributed by atoms with Gasteiger partial charge < -0.3 is 4.74 Å². The second kappa shape index (κ2) is 7.10. The van der Waals surface area contributed by atoms with E-state index < -0.39 is 0 Å². The quantitative estimate of drug-likeness (QED) is 0.543. The van der Waals surface area contributed by atoms with Crippen molar-refractivity contribution in [1.82, 2.24) is 0 Å². The molecule has 0 aliphatic rings. The fourth-order valence-electron chi connectivity index (χ4n) is 1.44. The van der Waals surface area contributed by atoms with Gasteiger partial charge in [-0.1, -0.05) is 23.7 Å². The molecule has 0 aliphatic carbocycles. The van der Waals surface area contributed by atoms with Crippen LogP contribution in [0.4, 0.5) is 0 Å². The Labute approximate surface area is 101 Å². The number of hydrogen-bond acceptors (Lipinski definition) is 1. The minimum Gasteiger partial charge on any atom is -0.382 e. The summed E-state index contributed by atoms with van der Waals surface area (Å²) < 4.78 is 5.33. The van der Waals surface area contributed by atoms with Gasteiger partial charge in [0.1, 0.15) is 0 Å². The van der Waals surface area contributed by atoms with Gasteiger partial charge in [-0.3, -0.25) is 0 Å². The molecule has 0 amide bonds. The molecule has 15 heavy (non-hydrogen) atoms. The van der Waals surface area contributed by atoms with Gasteiger partial charge in [-0.2, -0.15) is 0 Å². The predicted molar refractivity (Wildman–Crippen MR) is 66.0 cm³/mol. The highest BCUT2D eigenvalue weighted by atomic mass is 35.5. The maximum Gasteiger partial charge on any atom is 0.0472 e. The van der Waals surface area contributed by atoms with Crippen molar-refractivity contribution in [2.24, 2.45) is 0 Å². The first-order valence-corrected chi connectivity index (χ1v) is 6.08. The zero-order valence-corrected chi connectivity index (χ0v) is 10.4. The van der Waals surface area contributed by atoms with Crippen LogP contribution in [-0.2, 0) is 4.74 Å². The van der Waals surface area contributed by atoms with Crippen LogP contribution in [0.25, 0.3) is 0 Å². The summed E-state index contributed by atoms with van der Waals surface area (Å²) in [5.41, 5.74) is 1.23. The van der Waals surface area contributed by atoms with Gasteiger partial charge in [0.2, 0.25) is 0 Å². The molecule has 0 saturated carbocycles. The van der Waals surface area contributed by atoms with Crippen LogP contribution >= 0.6 is 23.2 Å². The Morgan fingerprint density at radius 2 is 1.93 bits per heavy atom. The molecule has 0 heterocycles. The van der Waals surface area contributed by atoms with E-state index >= 15 is 0 Å². The number of hydrogen-bond donors (Lipinski definition) is 0. The van der Waals surface area contributed by atoms with Crippen molar-refractivity contribution in [3.05, 3.63) is 34.9 Å². The minimum atomic E-state index is 0.357. The first-order valence-electron chi connectivity index (χ1n) is 5.17. The molecule has 0 aliphatic heterocycles. The second-order valence-corrected chi connectivity index (χ2v) is 4.13. The van der Waals surface area contributed by atoms with Gasteiger partial charge in [-0.15, -0.1) is 11.6 Å². The minimum absolute atomic E-state index is 0.357. The summed E-state index contributed by atoms with van der Waals surface area (Å²) in [5.74, 6) is 0.977. The molecular formula is C12H16Cl2O. The smallest absolute Gasteiger partial charge is 0.0472 e.